The number of allylic oxidation sites excluding steroid dienone is 7. The van der Waals surface area contributed by atoms with Crippen LogP contribution >= 0.6 is 15.9 Å². The molecule has 202 valence electrons. The molecule has 1 saturated heterocycles. The van der Waals surface area contributed by atoms with E-state index in [0.29, 0.717) is 40.8 Å². The molecule has 0 bridgehead atoms. The fourth-order valence-corrected chi connectivity index (χ4v) is 7.31. The molecular formula is C33H28BrNO5. The molecule has 40 heavy (non-hydrogen) atoms. The molecule has 1 N–H and O–H groups in total. The Balaban J connectivity index is 1.48. The molecule has 2 aromatic rings. The zero-order chi connectivity index (χ0) is 28.3. The van der Waals surface area contributed by atoms with Gasteiger partial charge in [0.15, 0.2) is 11.6 Å². The Bertz CT molecular complexity index is 1590. The summed E-state index contributed by atoms with van der Waals surface area (Å²) in [7, 11) is 0. The van der Waals surface area contributed by atoms with E-state index in [1.807, 2.05) is 31.2 Å². The van der Waals surface area contributed by atoms with E-state index in [4.69, 9.17) is 0 Å². The molecule has 1 fully saturated rings. The van der Waals surface area contributed by atoms with Crippen molar-refractivity contribution in [2.24, 2.45) is 17.8 Å². The molecule has 1 heterocycles. The van der Waals surface area contributed by atoms with Crippen molar-refractivity contribution in [2.45, 2.75) is 38.5 Å². The van der Waals surface area contributed by atoms with E-state index < -0.39 is 23.7 Å². The molecule has 2 amide bonds. The van der Waals surface area contributed by atoms with E-state index >= 15 is 0 Å². The quantitative estimate of drug-likeness (QED) is 0.273. The SMILES string of the molecule is C=CCc1cccc(C2C3=CCC4C(=O)N(c5ccc(CC)cc5)C(=O)C4C3CC3=C2C(=O)C=C(Br)C3=O)c1O. The molecule has 4 unspecified atom stereocenters. The number of hydrogen-bond acceptors (Lipinski definition) is 5. The summed E-state index contributed by atoms with van der Waals surface area (Å²) in [6, 6.07) is 12.8. The Morgan fingerprint density at radius 1 is 1.05 bits per heavy atom. The van der Waals surface area contributed by atoms with Crippen LogP contribution in [0, 0.1) is 17.8 Å². The summed E-state index contributed by atoms with van der Waals surface area (Å²) in [5, 5.41) is 11.3. The van der Waals surface area contributed by atoms with Crippen molar-refractivity contribution in [2.75, 3.05) is 4.90 Å². The van der Waals surface area contributed by atoms with Gasteiger partial charge in [-0.2, -0.15) is 0 Å². The summed E-state index contributed by atoms with van der Waals surface area (Å²) in [4.78, 5) is 55.8. The molecule has 2 aromatic carbocycles. The smallest absolute Gasteiger partial charge is 0.238 e. The highest BCUT2D eigenvalue weighted by Gasteiger charge is 2.56. The Labute approximate surface area is 240 Å². The monoisotopic (exact) mass is 597 g/mol. The summed E-state index contributed by atoms with van der Waals surface area (Å²) < 4.78 is 0.172. The number of anilines is 1. The number of halogens is 1. The van der Waals surface area contributed by atoms with Crippen molar-refractivity contribution >= 4 is 45.0 Å². The number of imide groups is 1. The average molecular weight is 598 g/mol. The molecule has 6 rings (SSSR count). The maximum atomic E-state index is 14.0. The van der Waals surface area contributed by atoms with Gasteiger partial charge in [0.05, 0.1) is 22.0 Å². The third-order valence-corrected chi connectivity index (χ3v) is 9.35. The van der Waals surface area contributed by atoms with E-state index in [1.54, 1.807) is 30.3 Å². The largest absolute Gasteiger partial charge is 0.507 e. The molecule has 0 aromatic heterocycles. The van der Waals surface area contributed by atoms with Crippen LogP contribution in [0.5, 0.6) is 5.75 Å². The van der Waals surface area contributed by atoms with Crippen LogP contribution in [-0.4, -0.2) is 28.5 Å². The van der Waals surface area contributed by atoms with Crippen LogP contribution in [0.2, 0.25) is 0 Å². The number of hydrogen-bond donors (Lipinski definition) is 1. The van der Waals surface area contributed by atoms with Crippen molar-refractivity contribution < 1.29 is 24.3 Å². The highest BCUT2D eigenvalue weighted by atomic mass is 79.9. The average Bonchev–Trinajstić information content (AvgIpc) is 3.21. The first kappa shape index (κ1) is 26.4. The van der Waals surface area contributed by atoms with Gasteiger partial charge < -0.3 is 5.11 Å². The topological polar surface area (TPSA) is 91.8 Å². The van der Waals surface area contributed by atoms with Crippen LogP contribution in [0.15, 0.2) is 88.5 Å². The van der Waals surface area contributed by atoms with E-state index in [-0.39, 0.29) is 40.0 Å². The Kier molecular flexibility index (Phi) is 6.57. The first-order valence-electron chi connectivity index (χ1n) is 13.5. The Morgan fingerprint density at radius 2 is 1.80 bits per heavy atom. The number of phenolic OH excluding ortho intramolecular Hbond substituents is 1. The van der Waals surface area contributed by atoms with Gasteiger partial charge in [0.25, 0.3) is 0 Å². The maximum absolute atomic E-state index is 14.0. The standard InChI is InChI=1S/C33H28BrNO5/c1-3-6-18-7-5-8-21(30(18)37)27-20-13-14-22-28(23(20)15-24-29(27)26(36)16-25(34)31(24)38)33(40)35(32(22)39)19-11-9-17(4-2)10-12-19/h3,5,7-13,16,22-23,27-28,37H,1,4,6,14-15H2,2H3. The predicted octanol–water partition coefficient (Wildman–Crippen LogP) is 5.65. The molecular weight excluding hydrogens is 570 g/mol. The normalized spacial score (nSPS) is 25.8. The van der Waals surface area contributed by atoms with Crippen molar-refractivity contribution in [1.29, 1.82) is 0 Å². The van der Waals surface area contributed by atoms with E-state index in [0.717, 1.165) is 17.6 Å². The van der Waals surface area contributed by atoms with Gasteiger partial charge in [0.1, 0.15) is 5.75 Å². The second kappa shape index (κ2) is 9.97. The van der Waals surface area contributed by atoms with Crippen molar-refractivity contribution in [3.05, 3.63) is 105 Å². The molecule has 4 aliphatic rings. The molecule has 0 radical (unpaired) electrons. The van der Waals surface area contributed by atoms with Gasteiger partial charge in [0.2, 0.25) is 11.8 Å². The molecule has 6 nitrogen and oxygen atoms in total. The number of aryl methyl sites for hydroxylation is 1. The second-order valence-electron chi connectivity index (χ2n) is 10.8. The van der Waals surface area contributed by atoms with Gasteiger partial charge in [-0.15, -0.1) is 6.58 Å². The molecule has 4 atom stereocenters. The van der Waals surface area contributed by atoms with Crippen LogP contribution in [0.4, 0.5) is 5.69 Å². The van der Waals surface area contributed by atoms with E-state index in [2.05, 4.69) is 22.5 Å². The lowest BCUT2D eigenvalue weighted by Gasteiger charge is -2.42. The number of para-hydroxylation sites is 1. The number of rotatable bonds is 5. The number of carbonyl (C=O) groups excluding carboxylic acids is 4. The van der Waals surface area contributed by atoms with Crippen LogP contribution in [0.3, 0.4) is 0 Å². The summed E-state index contributed by atoms with van der Waals surface area (Å²) in [6.45, 7) is 5.82. The van der Waals surface area contributed by atoms with Gasteiger partial charge in [-0.05, 0) is 70.8 Å². The first-order chi connectivity index (χ1) is 19.3. The zero-order valence-electron chi connectivity index (χ0n) is 22.0. The number of Topliss-reactive ketones (excluding diaryl/α,β-unsaturated/α-hetero) is 1. The molecule has 7 heteroatoms. The molecule has 0 spiro atoms. The third kappa shape index (κ3) is 3.90. The van der Waals surface area contributed by atoms with Gasteiger partial charge in [-0.1, -0.05) is 55.0 Å². The zero-order valence-corrected chi connectivity index (χ0v) is 23.6. The minimum absolute atomic E-state index is 0.0447. The lowest BCUT2D eigenvalue weighted by atomic mass is 9.59. The first-order valence-corrected chi connectivity index (χ1v) is 14.3. The van der Waals surface area contributed by atoms with Gasteiger partial charge in [-0.3, -0.25) is 24.1 Å². The fourth-order valence-electron chi connectivity index (χ4n) is 6.86. The molecule has 3 aliphatic carbocycles. The Morgan fingerprint density at radius 3 is 2.50 bits per heavy atom. The van der Waals surface area contributed by atoms with Crippen molar-refractivity contribution in [3.8, 4) is 5.75 Å². The van der Waals surface area contributed by atoms with Crippen LogP contribution in [0.25, 0.3) is 0 Å². The van der Waals surface area contributed by atoms with Crippen molar-refractivity contribution in [3.63, 3.8) is 0 Å². The third-order valence-electron chi connectivity index (χ3n) is 8.76. The summed E-state index contributed by atoms with van der Waals surface area (Å²) in [6.07, 6.45) is 6.75. The Hall–Kier alpha value is -3.84. The number of phenols is 1. The number of ketones is 2. The second-order valence-corrected chi connectivity index (χ2v) is 11.6. The van der Waals surface area contributed by atoms with E-state index in [9.17, 15) is 24.3 Å². The summed E-state index contributed by atoms with van der Waals surface area (Å²) in [5.41, 5.74) is 4.30. The number of nitrogens with zero attached hydrogens (tertiary/aromatic N) is 1. The highest BCUT2D eigenvalue weighted by molar-refractivity contribution is 9.12. The maximum Gasteiger partial charge on any atom is 0.238 e. The highest BCUT2D eigenvalue weighted by Crippen LogP contribution is 2.56. The minimum Gasteiger partial charge on any atom is -0.507 e. The number of carbonyl (C=O) groups is 4. The van der Waals surface area contributed by atoms with Crippen molar-refractivity contribution in [1.82, 2.24) is 0 Å². The number of aromatic hydroxyl groups is 1. The minimum atomic E-state index is -0.700. The van der Waals surface area contributed by atoms with Crippen LogP contribution in [0.1, 0.15) is 42.4 Å². The summed E-state index contributed by atoms with van der Waals surface area (Å²) >= 11 is 3.25. The lowest BCUT2D eigenvalue weighted by Crippen LogP contribution is -2.39. The van der Waals surface area contributed by atoms with Crippen LogP contribution < -0.4 is 4.90 Å². The van der Waals surface area contributed by atoms with Gasteiger partial charge in [-0.25, -0.2) is 0 Å². The molecule has 0 saturated carbocycles. The number of amides is 2. The fraction of sp³-hybridized carbons (Fsp3) is 0.273. The molecule has 1 aliphatic heterocycles. The number of fused-ring (bicyclic) bond motifs is 3. The predicted molar refractivity (Wildman–Crippen MR) is 155 cm³/mol. The van der Waals surface area contributed by atoms with Gasteiger partial charge >= 0.3 is 0 Å². The van der Waals surface area contributed by atoms with Gasteiger partial charge in [0, 0.05) is 28.7 Å². The van der Waals surface area contributed by atoms with Crippen LogP contribution in [-0.2, 0) is 32.0 Å². The van der Waals surface area contributed by atoms with E-state index in [1.165, 1.54) is 11.0 Å². The number of benzene rings is 2. The lowest BCUT2D eigenvalue weighted by molar-refractivity contribution is -0.123. The summed E-state index contributed by atoms with van der Waals surface area (Å²) in [5.74, 6) is -3.46.